The Kier molecular flexibility index (Phi) is 55.8. The monoisotopic (exact) mass is 1100 g/mol. The van der Waals surface area contributed by atoms with Crippen molar-refractivity contribution in [3.05, 3.63) is 85.1 Å². The standard InChI is InChI=1S/C67H120NO8P/c1-6-8-10-12-14-16-18-20-21-22-23-24-25-26-27-28-29-30-31-32-33-34-35-36-37-38-39-40-41-42-43-44-45-46-47-48-50-52-54-56-58-60-67(70)76-65(64-75-77(71,72)74-62-61-68(3,4)5)63-73-66(69)59-57-55-53-51-49-19-17-15-13-11-9-7-2/h8,10,14,16,20-21,23-24,26-27,29-30,32-33,65H,6-7,9,11-13,15,17-19,22,25,28,31,34-64H2,1-5H3/p+1/b10-8-,16-14-,21-20-,24-23-,27-26-,30-29-,33-32-. The van der Waals surface area contributed by atoms with Crippen molar-refractivity contribution in [3.63, 3.8) is 0 Å². The SMILES string of the molecule is CC/C=C\C/C=C\C/C=C\C/C=C\C/C=C\C/C=C\C/C=C\CCCCCCCCCCCCCCCCCCCCCC(=O)OC(COC(=O)CCCCCCCCCCCCCC)COP(=O)(O)OCC[N+](C)(C)C. The third kappa shape index (κ3) is 62.3. The predicted octanol–water partition coefficient (Wildman–Crippen LogP) is 20.2. The topological polar surface area (TPSA) is 108 Å². The molecule has 0 bridgehead atoms. The molecular weight excluding hydrogens is 978 g/mol. The molecule has 446 valence electrons. The smallest absolute Gasteiger partial charge is 0.462 e. The molecule has 10 heteroatoms. The Balaban J connectivity index is 3.91. The number of hydrogen-bond donors (Lipinski definition) is 1. The van der Waals surface area contributed by atoms with Crippen LogP contribution in [0, 0.1) is 0 Å². The maximum atomic E-state index is 12.8. The highest BCUT2D eigenvalue weighted by Crippen LogP contribution is 2.43. The molecule has 2 atom stereocenters. The molecule has 0 aliphatic heterocycles. The number of carbonyl (C=O) groups excluding carboxylic acids is 2. The Morgan fingerprint density at radius 2 is 0.740 bits per heavy atom. The zero-order valence-electron chi connectivity index (χ0n) is 50.7. The number of rotatable bonds is 58. The lowest BCUT2D eigenvalue weighted by Crippen LogP contribution is -2.37. The molecule has 9 nitrogen and oxygen atoms in total. The average Bonchev–Trinajstić information content (AvgIpc) is 3.39. The number of quaternary nitrogens is 1. The van der Waals surface area contributed by atoms with E-state index in [9.17, 15) is 19.0 Å². The minimum absolute atomic E-state index is 0.0325. The number of hydrogen-bond acceptors (Lipinski definition) is 7. The van der Waals surface area contributed by atoms with E-state index in [1.54, 1.807) is 0 Å². The van der Waals surface area contributed by atoms with Crippen molar-refractivity contribution in [2.45, 2.75) is 283 Å². The van der Waals surface area contributed by atoms with Gasteiger partial charge in [-0.05, 0) is 70.6 Å². The van der Waals surface area contributed by atoms with Crippen molar-refractivity contribution < 1.29 is 42.1 Å². The van der Waals surface area contributed by atoms with Crippen LogP contribution in [0.3, 0.4) is 0 Å². The molecule has 2 unspecified atom stereocenters. The average molecular weight is 1100 g/mol. The van der Waals surface area contributed by atoms with E-state index < -0.39 is 26.5 Å². The number of carbonyl (C=O) groups is 2. The molecule has 0 aromatic heterocycles. The van der Waals surface area contributed by atoms with Gasteiger partial charge < -0.3 is 18.9 Å². The second-order valence-electron chi connectivity index (χ2n) is 22.4. The van der Waals surface area contributed by atoms with E-state index in [1.165, 1.54) is 167 Å². The molecule has 0 aliphatic carbocycles. The number of phosphoric acid groups is 1. The van der Waals surface area contributed by atoms with Crippen molar-refractivity contribution in [1.29, 1.82) is 0 Å². The lowest BCUT2D eigenvalue weighted by molar-refractivity contribution is -0.870. The summed E-state index contributed by atoms with van der Waals surface area (Å²) in [7, 11) is 1.48. The number of likely N-dealkylation sites (N-methyl/N-ethyl adjacent to an activating group) is 1. The van der Waals surface area contributed by atoms with Crippen LogP contribution in [-0.4, -0.2) is 74.9 Å². The second-order valence-corrected chi connectivity index (χ2v) is 23.9. The molecule has 0 aromatic carbocycles. The van der Waals surface area contributed by atoms with Gasteiger partial charge in [-0.15, -0.1) is 0 Å². The van der Waals surface area contributed by atoms with Crippen molar-refractivity contribution in [2.75, 3.05) is 47.5 Å². The zero-order valence-corrected chi connectivity index (χ0v) is 51.6. The lowest BCUT2D eigenvalue weighted by Gasteiger charge is -2.24. The summed E-state index contributed by atoms with van der Waals surface area (Å²) in [5, 5.41) is 0. The van der Waals surface area contributed by atoms with Crippen LogP contribution < -0.4 is 0 Å². The van der Waals surface area contributed by atoms with Crippen molar-refractivity contribution in [3.8, 4) is 0 Å². The molecule has 0 fully saturated rings. The van der Waals surface area contributed by atoms with Gasteiger partial charge in [-0.1, -0.05) is 279 Å². The quantitative estimate of drug-likeness (QED) is 0.0211. The zero-order chi connectivity index (χ0) is 56.3. The number of nitrogens with zero attached hydrogens (tertiary/aromatic N) is 1. The van der Waals surface area contributed by atoms with Gasteiger partial charge in [-0.25, -0.2) is 4.57 Å². The molecule has 1 N–H and O–H groups in total. The summed E-state index contributed by atoms with van der Waals surface area (Å²) < 4.78 is 34.5. The lowest BCUT2D eigenvalue weighted by atomic mass is 10.0. The summed E-state index contributed by atoms with van der Waals surface area (Å²) in [6, 6.07) is 0. The highest BCUT2D eigenvalue weighted by atomic mass is 31.2. The van der Waals surface area contributed by atoms with Gasteiger partial charge in [-0.3, -0.25) is 18.6 Å². The second kappa shape index (κ2) is 57.9. The fourth-order valence-corrected chi connectivity index (χ4v) is 9.56. The highest BCUT2D eigenvalue weighted by molar-refractivity contribution is 7.47. The summed E-state index contributed by atoms with van der Waals surface area (Å²) in [6.45, 7) is 4.33. The van der Waals surface area contributed by atoms with Crippen LogP contribution >= 0.6 is 7.82 Å². The molecule has 0 aliphatic rings. The van der Waals surface area contributed by atoms with E-state index in [2.05, 4.69) is 98.9 Å². The van der Waals surface area contributed by atoms with Gasteiger partial charge in [0.15, 0.2) is 6.10 Å². The molecule has 77 heavy (non-hydrogen) atoms. The van der Waals surface area contributed by atoms with Crippen molar-refractivity contribution in [1.82, 2.24) is 0 Å². The molecule has 0 saturated carbocycles. The van der Waals surface area contributed by atoms with Crippen LogP contribution in [0.4, 0.5) is 0 Å². The maximum absolute atomic E-state index is 12.8. The Hall–Kier alpha value is -2.81. The molecule has 0 rings (SSSR count). The summed E-state index contributed by atoms with van der Waals surface area (Å²) in [6.07, 6.45) is 78.3. The first-order chi connectivity index (χ1) is 37.5. The number of ether oxygens (including phenoxy) is 2. The van der Waals surface area contributed by atoms with Crippen LogP contribution in [0.25, 0.3) is 0 Å². The predicted molar refractivity (Wildman–Crippen MR) is 330 cm³/mol. The van der Waals surface area contributed by atoms with Crippen LogP contribution in [0.15, 0.2) is 85.1 Å². The van der Waals surface area contributed by atoms with E-state index in [-0.39, 0.29) is 25.6 Å². The first-order valence-electron chi connectivity index (χ1n) is 31.8. The van der Waals surface area contributed by atoms with Crippen molar-refractivity contribution >= 4 is 19.8 Å². The van der Waals surface area contributed by atoms with E-state index >= 15 is 0 Å². The Morgan fingerprint density at radius 3 is 1.10 bits per heavy atom. The van der Waals surface area contributed by atoms with E-state index in [0.29, 0.717) is 23.9 Å². The largest absolute Gasteiger partial charge is 0.472 e. The first kappa shape index (κ1) is 74.2. The fourth-order valence-electron chi connectivity index (χ4n) is 8.82. The summed E-state index contributed by atoms with van der Waals surface area (Å²) in [5.74, 6) is -0.788. The molecule has 0 heterocycles. The van der Waals surface area contributed by atoms with Gasteiger partial charge in [0.2, 0.25) is 0 Å². The molecular formula is C67H121NO8P+. The molecule has 0 amide bonds. The van der Waals surface area contributed by atoms with Gasteiger partial charge in [0.1, 0.15) is 19.8 Å². The summed E-state index contributed by atoms with van der Waals surface area (Å²) in [4.78, 5) is 35.6. The minimum atomic E-state index is -4.38. The van der Waals surface area contributed by atoms with Crippen LogP contribution in [0.2, 0.25) is 0 Å². The molecule has 0 saturated heterocycles. The van der Waals surface area contributed by atoms with Crippen LogP contribution in [0.5, 0.6) is 0 Å². The Labute approximate surface area is 475 Å². The van der Waals surface area contributed by atoms with Gasteiger partial charge >= 0.3 is 19.8 Å². The number of esters is 2. The molecule has 0 radical (unpaired) electrons. The first-order valence-corrected chi connectivity index (χ1v) is 33.3. The number of allylic oxidation sites excluding steroid dienone is 14. The summed E-state index contributed by atoms with van der Waals surface area (Å²) >= 11 is 0. The summed E-state index contributed by atoms with van der Waals surface area (Å²) in [5.41, 5.74) is 0. The minimum Gasteiger partial charge on any atom is -0.462 e. The maximum Gasteiger partial charge on any atom is 0.472 e. The van der Waals surface area contributed by atoms with Gasteiger partial charge in [0, 0.05) is 12.8 Å². The van der Waals surface area contributed by atoms with Gasteiger partial charge in [0.05, 0.1) is 27.7 Å². The van der Waals surface area contributed by atoms with E-state index in [4.69, 9.17) is 18.5 Å². The highest BCUT2D eigenvalue weighted by Gasteiger charge is 2.27. The van der Waals surface area contributed by atoms with Crippen LogP contribution in [0.1, 0.15) is 277 Å². The molecule has 0 aromatic rings. The molecule has 0 spiro atoms. The van der Waals surface area contributed by atoms with Gasteiger partial charge in [-0.2, -0.15) is 0 Å². The van der Waals surface area contributed by atoms with E-state index in [0.717, 1.165) is 77.0 Å². The third-order valence-electron chi connectivity index (χ3n) is 13.7. The Bertz CT molecular complexity index is 1580. The van der Waals surface area contributed by atoms with E-state index in [1.807, 2.05) is 21.1 Å². The van der Waals surface area contributed by atoms with Crippen LogP contribution in [-0.2, 0) is 32.7 Å². The fraction of sp³-hybridized carbons (Fsp3) is 0.761. The Morgan fingerprint density at radius 1 is 0.416 bits per heavy atom. The normalized spacial score (nSPS) is 13.8. The van der Waals surface area contributed by atoms with Gasteiger partial charge in [0.25, 0.3) is 0 Å². The number of unbranched alkanes of at least 4 members (excludes halogenated alkanes) is 30. The third-order valence-corrected chi connectivity index (χ3v) is 14.7. The van der Waals surface area contributed by atoms with Crippen molar-refractivity contribution in [2.24, 2.45) is 0 Å². The number of phosphoric ester groups is 1.